The van der Waals surface area contributed by atoms with Gasteiger partial charge >= 0.3 is 0 Å². The first-order valence-electron chi connectivity index (χ1n) is 11.1. The van der Waals surface area contributed by atoms with Crippen molar-refractivity contribution in [3.05, 3.63) is 83.7 Å². The molecular weight excluding hydrogens is 435 g/mol. The molecule has 1 N–H and O–H groups in total. The number of carbonyl (C=O) groups excluding carboxylic acids is 2. The Labute approximate surface area is 198 Å². The lowest BCUT2D eigenvalue weighted by Gasteiger charge is -2.41. The van der Waals surface area contributed by atoms with Crippen LogP contribution in [0.3, 0.4) is 0 Å². The monoisotopic (exact) mass is 462 g/mol. The zero-order chi connectivity index (χ0) is 24.2. The summed E-state index contributed by atoms with van der Waals surface area (Å²) in [6.07, 6.45) is 0.535. The van der Waals surface area contributed by atoms with Crippen LogP contribution in [0, 0.1) is 18.7 Å². The standard InChI is InChI=1S/C27H27FN2O4/c1-17-8-11-19(12-9-17)30-25(31)15-13-20(27(32)29-22-7-5-4-6-21(22)28)26(30)18-10-14-23(33-2)24(16-18)34-3/h4-12,14,16,20,26H,13,15H2,1-3H3,(H,29,32). The van der Waals surface area contributed by atoms with E-state index in [9.17, 15) is 14.0 Å². The molecule has 6 nitrogen and oxygen atoms in total. The van der Waals surface area contributed by atoms with Gasteiger partial charge in [0.05, 0.1) is 31.9 Å². The summed E-state index contributed by atoms with van der Waals surface area (Å²) in [4.78, 5) is 28.3. The highest BCUT2D eigenvalue weighted by molar-refractivity contribution is 6.00. The maximum absolute atomic E-state index is 14.3. The van der Waals surface area contributed by atoms with Gasteiger partial charge in [0.25, 0.3) is 0 Å². The van der Waals surface area contributed by atoms with E-state index in [1.807, 2.05) is 37.3 Å². The van der Waals surface area contributed by atoms with E-state index in [2.05, 4.69) is 5.32 Å². The number of anilines is 2. The predicted octanol–water partition coefficient (Wildman–Crippen LogP) is 5.27. The molecule has 1 fully saturated rings. The minimum Gasteiger partial charge on any atom is -0.493 e. The first-order valence-corrected chi connectivity index (χ1v) is 11.1. The van der Waals surface area contributed by atoms with Crippen molar-refractivity contribution in [1.82, 2.24) is 0 Å². The van der Waals surface area contributed by atoms with Crippen LogP contribution in [0.4, 0.5) is 15.8 Å². The minimum atomic E-state index is -0.615. The van der Waals surface area contributed by atoms with Crippen LogP contribution in [-0.2, 0) is 9.59 Å². The fourth-order valence-electron chi connectivity index (χ4n) is 4.38. The van der Waals surface area contributed by atoms with Crippen LogP contribution in [0.2, 0.25) is 0 Å². The van der Waals surface area contributed by atoms with Gasteiger partial charge in [0.2, 0.25) is 11.8 Å². The van der Waals surface area contributed by atoms with E-state index in [-0.39, 0.29) is 23.9 Å². The van der Waals surface area contributed by atoms with Crippen LogP contribution in [0.5, 0.6) is 11.5 Å². The lowest BCUT2D eigenvalue weighted by Crippen LogP contribution is -2.47. The highest BCUT2D eigenvalue weighted by Gasteiger charge is 2.42. The number of amides is 2. The second-order valence-electron chi connectivity index (χ2n) is 8.27. The molecule has 0 saturated carbocycles. The third-order valence-corrected chi connectivity index (χ3v) is 6.13. The molecule has 1 aliphatic rings. The summed E-state index contributed by atoms with van der Waals surface area (Å²) in [5.41, 5.74) is 2.58. The molecule has 176 valence electrons. The number of hydrogen-bond donors (Lipinski definition) is 1. The molecule has 0 aliphatic carbocycles. The van der Waals surface area contributed by atoms with E-state index in [0.717, 1.165) is 11.1 Å². The Kier molecular flexibility index (Phi) is 6.82. The molecule has 3 aromatic carbocycles. The topological polar surface area (TPSA) is 67.9 Å². The first-order chi connectivity index (χ1) is 16.4. The van der Waals surface area contributed by atoms with Gasteiger partial charge in [-0.05, 0) is 55.3 Å². The lowest BCUT2D eigenvalue weighted by molar-refractivity contribution is -0.126. The van der Waals surface area contributed by atoms with Crippen molar-refractivity contribution in [2.75, 3.05) is 24.4 Å². The van der Waals surface area contributed by atoms with E-state index in [1.54, 1.807) is 36.3 Å². The van der Waals surface area contributed by atoms with Crippen molar-refractivity contribution in [2.45, 2.75) is 25.8 Å². The second kappa shape index (κ2) is 9.95. The molecule has 0 spiro atoms. The average molecular weight is 463 g/mol. The SMILES string of the molecule is COc1ccc(C2C(C(=O)Nc3ccccc3F)CCC(=O)N2c2ccc(C)cc2)cc1OC. The lowest BCUT2D eigenvalue weighted by atomic mass is 9.83. The van der Waals surface area contributed by atoms with Gasteiger partial charge in [-0.25, -0.2) is 4.39 Å². The fraction of sp³-hybridized carbons (Fsp3) is 0.259. The molecule has 1 heterocycles. The van der Waals surface area contributed by atoms with E-state index < -0.39 is 17.8 Å². The molecule has 2 amide bonds. The Morgan fingerprint density at radius 3 is 2.38 bits per heavy atom. The van der Waals surface area contributed by atoms with Gasteiger partial charge in [-0.2, -0.15) is 0 Å². The number of methoxy groups -OCH3 is 2. The summed E-state index contributed by atoms with van der Waals surface area (Å²) in [5, 5.41) is 2.72. The molecule has 0 bridgehead atoms. The number of para-hydroxylation sites is 1. The first kappa shape index (κ1) is 23.3. The molecule has 2 atom stereocenters. The molecule has 2 unspecified atom stereocenters. The number of carbonyl (C=O) groups is 2. The van der Waals surface area contributed by atoms with Crippen molar-refractivity contribution < 1.29 is 23.5 Å². The van der Waals surface area contributed by atoms with Gasteiger partial charge in [0.15, 0.2) is 11.5 Å². The molecule has 1 saturated heterocycles. The molecule has 34 heavy (non-hydrogen) atoms. The minimum absolute atomic E-state index is 0.0846. The van der Waals surface area contributed by atoms with Crippen LogP contribution in [0.1, 0.15) is 30.0 Å². The van der Waals surface area contributed by atoms with Crippen LogP contribution >= 0.6 is 0 Å². The van der Waals surface area contributed by atoms with Gasteiger partial charge in [0.1, 0.15) is 5.82 Å². The molecule has 0 aromatic heterocycles. The van der Waals surface area contributed by atoms with Crippen molar-refractivity contribution >= 4 is 23.2 Å². The highest BCUT2D eigenvalue weighted by Crippen LogP contribution is 2.43. The third-order valence-electron chi connectivity index (χ3n) is 6.13. The number of halogens is 1. The summed E-state index contributed by atoms with van der Waals surface area (Å²) < 4.78 is 25.1. The van der Waals surface area contributed by atoms with Gasteiger partial charge in [-0.15, -0.1) is 0 Å². The van der Waals surface area contributed by atoms with Gasteiger partial charge in [0, 0.05) is 12.1 Å². The molecule has 0 radical (unpaired) electrons. The number of nitrogens with zero attached hydrogens (tertiary/aromatic N) is 1. The molecule has 4 rings (SSSR count). The van der Waals surface area contributed by atoms with E-state index in [0.29, 0.717) is 23.6 Å². The smallest absolute Gasteiger partial charge is 0.230 e. The summed E-state index contributed by atoms with van der Waals surface area (Å²) >= 11 is 0. The number of aryl methyl sites for hydroxylation is 1. The second-order valence-corrected chi connectivity index (χ2v) is 8.27. The molecule has 7 heteroatoms. The van der Waals surface area contributed by atoms with Crippen molar-refractivity contribution in [3.8, 4) is 11.5 Å². The normalized spacial score (nSPS) is 17.9. The maximum atomic E-state index is 14.3. The van der Waals surface area contributed by atoms with Gasteiger partial charge in [-0.1, -0.05) is 35.9 Å². The number of hydrogen-bond acceptors (Lipinski definition) is 4. The van der Waals surface area contributed by atoms with Crippen molar-refractivity contribution in [1.29, 1.82) is 0 Å². The van der Waals surface area contributed by atoms with E-state index in [1.165, 1.54) is 19.2 Å². The van der Waals surface area contributed by atoms with Crippen molar-refractivity contribution in [2.24, 2.45) is 5.92 Å². The Morgan fingerprint density at radius 1 is 1.00 bits per heavy atom. The number of nitrogens with one attached hydrogen (secondary N) is 1. The molecule has 3 aromatic rings. The Hall–Kier alpha value is -3.87. The number of ether oxygens (including phenoxy) is 2. The van der Waals surface area contributed by atoms with E-state index in [4.69, 9.17) is 9.47 Å². The van der Waals surface area contributed by atoms with E-state index >= 15 is 0 Å². The van der Waals surface area contributed by atoms with Crippen LogP contribution in [0.15, 0.2) is 66.7 Å². The summed E-state index contributed by atoms with van der Waals surface area (Å²) in [6.45, 7) is 1.97. The highest BCUT2D eigenvalue weighted by atomic mass is 19.1. The largest absolute Gasteiger partial charge is 0.493 e. The molecule has 1 aliphatic heterocycles. The third kappa shape index (κ3) is 4.59. The average Bonchev–Trinajstić information content (AvgIpc) is 2.85. The van der Waals surface area contributed by atoms with Gasteiger partial charge in [-0.3, -0.25) is 9.59 Å². The Morgan fingerprint density at radius 2 is 1.71 bits per heavy atom. The van der Waals surface area contributed by atoms with Crippen molar-refractivity contribution in [3.63, 3.8) is 0 Å². The fourth-order valence-corrected chi connectivity index (χ4v) is 4.38. The Bertz CT molecular complexity index is 1200. The summed E-state index contributed by atoms with van der Waals surface area (Å²) in [7, 11) is 3.08. The van der Waals surface area contributed by atoms with Crippen LogP contribution in [-0.4, -0.2) is 26.0 Å². The summed E-state index contributed by atoms with van der Waals surface area (Å²) in [5.74, 6) is -0.525. The van der Waals surface area contributed by atoms with Crippen LogP contribution < -0.4 is 19.7 Å². The van der Waals surface area contributed by atoms with Gasteiger partial charge < -0.3 is 19.7 Å². The number of piperidine rings is 1. The molecular formula is C27H27FN2O4. The Balaban J connectivity index is 1.79. The predicted molar refractivity (Wildman–Crippen MR) is 129 cm³/mol. The maximum Gasteiger partial charge on any atom is 0.230 e. The quantitative estimate of drug-likeness (QED) is 0.542. The summed E-state index contributed by atoms with van der Waals surface area (Å²) in [6, 6.07) is 18.4. The number of benzene rings is 3. The zero-order valence-corrected chi connectivity index (χ0v) is 19.4. The van der Waals surface area contributed by atoms with Crippen LogP contribution in [0.25, 0.3) is 0 Å². The number of rotatable bonds is 6. The zero-order valence-electron chi connectivity index (χ0n) is 19.4.